The van der Waals surface area contributed by atoms with Crippen molar-refractivity contribution in [2.45, 2.75) is 26.7 Å². The average Bonchev–Trinajstić information content (AvgIpc) is 2.27. The minimum atomic E-state index is -4.79. The highest BCUT2D eigenvalue weighted by atomic mass is 32.1. The van der Waals surface area contributed by atoms with Crippen molar-refractivity contribution in [1.29, 1.82) is 0 Å². The maximum atomic E-state index is 10.8. The first-order valence-corrected chi connectivity index (χ1v) is 9.62. The Balaban J connectivity index is 0.000000351. The quantitative estimate of drug-likeness (QED) is 0.737. The normalized spacial score (nSPS) is 14.3. The van der Waals surface area contributed by atoms with E-state index in [0.717, 1.165) is 5.69 Å². The van der Waals surface area contributed by atoms with Gasteiger partial charge in [0, 0.05) is 18.1 Å². The van der Waals surface area contributed by atoms with E-state index in [2.05, 4.69) is 4.98 Å². The molecule has 1 aromatic rings. The molecule has 6 nitrogen and oxygen atoms in total. The van der Waals surface area contributed by atoms with Crippen LogP contribution in [0.2, 0.25) is 0 Å². The van der Waals surface area contributed by atoms with Crippen molar-refractivity contribution >= 4 is 14.3 Å². The van der Waals surface area contributed by atoms with Crippen molar-refractivity contribution in [3.05, 3.63) is 30.1 Å². The Kier molecular flexibility index (Phi) is 7.60. The molecule has 1 heterocycles. The molecule has 0 amide bonds. The number of hydrogen-bond acceptors (Lipinski definition) is 3. The summed E-state index contributed by atoms with van der Waals surface area (Å²) in [6.45, 7) is 3.75. The minimum Gasteiger partial charge on any atom is -0.336 e. The smallest absolute Gasteiger partial charge is 0.336 e. The van der Waals surface area contributed by atoms with Crippen molar-refractivity contribution in [1.82, 2.24) is 4.98 Å². The van der Waals surface area contributed by atoms with E-state index in [1.165, 1.54) is 0 Å². The Morgan fingerprint density at radius 3 is 2.11 bits per heavy atom. The second kappa shape index (κ2) is 7.82. The van der Waals surface area contributed by atoms with Crippen LogP contribution < -0.4 is 0 Å². The van der Waals surface area contributed by atoms with Crippen LogP contribution >= 0.6 is 14.3 Å². The van der Waals surface area contributed by atoms with Crippen LogP contribution in [0.3, 0.4) is 0 Å². The number of nitrogens with zero attached hydrogens (tertiary/aromatic N) is 1. The van der Waals surface area contributed by atoms with E-state index >= 15 is 0 Å². The Morgan fingerprint density at radius 2 is 1.83 bits per heavy atom. The molecule has 0 radical (unpaired) electrons. The highest BCUT2D eigenvalue weighted by Crippen LogP contribution is 2.74. The summed E-state index contributed by atoms with van der Waals surface area (Å²) in [6.07, 6.45) is 2.49. The van der Waals surface area contributed by atoms with Crippen molar-refractivity contribution in [3.8, 4) is 0 Å². The summed E-state index contributed by atoms with van der Waals surface area (Å²) in [7, 11) is -9.01. The largest absolute Gasteiger partial charge is 0.407 e. The Hall–Kier alpha value is -0.510. The lowest BCUT2D eigenvalue weighted by atomic mass is 10.4. The van der Waals surface area contributed by atoms with Crippen LogP contribution in [0, 0.1) is 6.92 Å². The summed E-state index contributed by atoms with van der Waals surface area (Å²) in [5.41, 5.74) is 1.07. The second-order valence-corrected chi connectivity index (χ2v) is 9.97. The predicted octanol–water partition coefficient (Wildman–Crippen LogP) is 2.54. The van der Waals surface area contributed by atoms with Gasteiger partial charge in [0.15, 0.2) is 0 Å². The van der Waals surface area contributed by atoms with Gasteiger partial charge < -0.3 is 14.7 Å². The first-order valence-electron chi connectivity index (χ1n) is 5.46. The molecule has 1 aromatic heterocycles. The summed E-state index contributed by atoms with van der Waals surface area (Å²) >= 11 is 0. The van der Waals surface area contributed by atoms with Gasteiger partial charge in [-0.2, -0.15) is 0 Å². The zero-order chi connectivity index (χ0) is 14.2. The molecule has 0 aliphatic heterocycles. The monoisotopic (exact) mass is 295 g/mol. The standard InChI is InChI=1S/C6H7N.C4H12O5P2/c1-6-4-2-3-5-7-6;1-2-3-4-10(5,6)11(7,8)9/h2-5H,1H3;2-4H2,1H3,(H,5,6)(H2,7,8,9). The highest BCUT2D eigenvalue weighted by molar-refractivity contribution is 8.28. The molecule has 0 aromatic carbocycles. The molecule has 1 rings (SSSR count). The lowest BCUT2D eigenvalue weighted by Gasteiger charge is -2.11. The van der Waals surface area contributed by atoms with Gasteiger partial charge in [-0.1, -0.05) is 19.4 Å². The molecule has 8 heteroatoms. The lowest BCUT2D eigenvalue weighted by molar-refractivity contribution is 0.376. The molecule has 3 N–H and O–H groups in total. The van der Waals surface area contributed by atoms with E-state index in [1.54, 1.807) is 13.1 Å². The topological polar surface area (TPSA) is 108 Å². The first kappa shape index (κ1) is 17.5. The Labute approximate surface area is 107 Å². The fraction of sp³-hybridized carbons (Fsp3) is 0.500. The van der Waals surface area contributed by atoms with Gasteiger partial charge in [0.2, 0.25) is 0 Å². The average molecular weight is 295 g/mol. The molecule has 1 unspecified atom stereocenters. The van der Waals surface area contributed by atoms with Crippen LogP contribution in [0.15, 0.2) is 24.4 Å². The first-order chi connectivity index (χ1) is 8.20. The van der Waals surface area contributed by atoms with Gasteiger partial charge in [-0.15, -0.1) is 0 Å². The van der Waals surface area contributed by atoms with E-state index in [9.17, 15) is 9.13 Å². The van der Waals surface area contributed by atoms with Crippen molar-refractivity contribution in [3.63, 3.8) is 0 Å². The third-order valence-electron chi connectivity index (χ3n) is 2.02. The van der Waals surface area contributed by atoms with Crippen LogP contribution in [0.5, 0.6) is 0 Å². The number of pyridine rings is 1. The van der Waals surface area contributed by atoms with Gasteiger partial charge in [0.05, 0.1) is 0 Å². The van der Waals surface area contributed by atoms with Gasteiger partial charge in [-0.3, -0.25) is 9.55 Å². The predicted molar refractivity (Wildman–Crippen MR) is 70.6 cm³/mol. The fourth-order valence-corrected chi connectivity index (χ4v) is 3.14. The maximum Gasteiger partial charge on any atom is 0.407 e. The zero-order valence-electron chi connectivity index (χ0n) is 10.4. The number of hydrogen-bond donors (Lipinski definition) is 3. The molecule has 1 atom stereocenters. The van der Waals surface area contributed by atoms with Crippen LogP contribution in [-0.4, -0.2) is 25.8 Å². The van der Waals surface area contributed by atoms with Crippen molar-refractivity contribution in [2.75, 3.05) is 6.16 Å². The van der Waals surface area contributed by atoms with Crippen LogP contribution in [-0.2, 0) is 9.13 Å². The molecule has 0 saturated heterocycles. The highest BCUT2D eigenvalue weighted by Gasteiger charge is 2.38. The Morgan fingerprint density at radius 1 is 1.22 bits per heavy atom. The fourth-order valence-electron chi connectivity index (χ4n) is 0.942. The number of unbranched alkanes of at least 4 members (excludes halogenated alkanes) is 1. The molecular weight excluding hydrogens is 276 g/mol. The van der Waals surface area contributed by atoms with Crippen LogP contribution in [0.1, 0.15) is 25.5 Å². The van der Waals surface area contributed by atoms with E-state index in [-0.39, 0.29) is 6.16 Å². The minimum absolute atomic E-state index is 0.298. The van der Waals surface area contributed by atoms with E-state index in [4.69, 9.17) is 14.7 Å². The molecule has 18 heavy (non-hydrogen) atoms. The van der Waals surface area contributed by atoms with Gasteiger partial charge >= 0.3 is 14.3 Å². The van der Waals surface area contributed by atoms with Gasteiger partial charge in [-0.25, -0.2) is 4.57 Å². The summed E-state index contributed by atoms with van der Waals surface area (Å²) in [4.78, 5) is 29.5. The van der Waals surface area contributed by atoms with E-state index in [1.807, 2.05) is 25.1 Å². The number of aryl methyl sites for hydroxylation is 1. The van der Waals surface area contributed by atoms with Gasteiger partial charge in [0.25, 0.3) is 0 Å². The second-order valence-electron chi connectivity index (χ2n) is 3.73. The molecular formula is C10H19NO5P2. The SMILES string of the molecule is CCCCP(=O)(O)P(=O)(O)O.Cc1ccccn1. The molecule has 104 valence electrons. The molecule has 0 aliphatic rings. The molecule has 0 fully saturated rings. The third kappa shape index (κ3) is 7.04. The lowest BCUT2D eigenvalue weighted by Crippen LogP contribution is -1.89. The summed E-state index contributed by atoms with van der Waals surface area (Å²) in [5.74, 6) is 0. The zero-order valence-corrected chi connectivity index (χ0v) is 12.2. The van der Waals surface area contributed by atoms with Crippen LogP contribution in [0.25, 0.3) is 0 Å². The molecule has 0 spiro atoms. The molecule has 0 bridgehead atoms. The van der Waals surface area contributed by atoms with Crippen LogP contribution in [0.4, 0.5) is 0 Å². The van der Waals surface area contributed by atoms with Gasteiger partial charge in [-0.05, 0) is 25.5 Å². The summed E-state index contributed by atoms with van der Waals surface area (Å²) in [6, 6.07) is 5.86. The van der Waals surface area contributed by atoms with Gasteiger partial charge in [0.1, 0.15) is 0 Å². The summed E-state index contributed by atoms with van der Waals surface area (Å²) in [5, 5.41) is 0. The molecule has 0 aliphatic carbocycles. The maximum absolute atomic E-state index is 10.8. The number of aromatic nitrogens is 1. The van der Waals surface area contributed by atoms with E-state index < -0.39 is 14.3 Å². The Bertz CT molecular complexity index is 431. The number of rotatable bonds is 4. The van der Waals surface area contributed by atoms with E-state index in [0.29, 0.717) is 12.8 Å². The summed E-state index contributed by atoms with van der Waals surface area (Å²) < 4.78 is 21.1. The van der Waals surface area contributed by atoms with Crippen molar-refractivity contribution in [2.24, 2.45) is 0 Å². The molecule has 0 saturated carbocycles. The third-order valence-corrected chi connectivity index (χ3v) is 6.78. The van der Waals surface area contributed by atoms with Crippen molar-refractivity contribution < 1.29 is 23.8 Å².